The van der Waals surface area contributed by atoms with Crippen LogP contribution in [0.4, 0.5) is 23.7 Å². The number of halogens is 3. The Morgan fingerprint density at radius 3 is 2.18 bits per heavy atom. The van der Waals surface area contributed by atoms with Gasteiger partial charge in [-0.05, 0) is 35.7 Å². The molecule has 39 heavy (non-hydrogen) atoms. The average Bonchev–Trinajstić information content (AvgIpc) is 2.89. The maximum Gasteiger partial charge on any atom is 0.452 e. The van der Waals surface area contributed by atoms with E-state index in [2.05, 4.69) is 20.9 Å². The van der Waals surface area contributed by atoms with Crippen molar-refractivity contribution in [3.8, 4) is 11.3 Å². The van der Waals surface area contributed by atoms with Crippen LogP contribution in [0, 0.1) is 5.92 Å². The first kappa shape index (κ1) is 28.8. The van der Waals surface area contributed by atoms with Crippen LogP contribution in [-0.4, -0.2) is 45.4 Å². The van der Waals surface area contributed by atoms with E-state index in [0.29, 0.717) is 5.56 Å². The second kappa shape index (κ2) is 12.2. The first-order chi connectivity index (χ1) is 18.4. The molecular weight excluding hydrogens is 519 g/mol. The van der Waals surface area contributed by atoms with Gasteiger partial charge in [0.25, 0.3) is 17.2 Å². The Labute approximate surface area is 220 Å². The Hall–Kier alpha value is -4.81. The van der Waals surface area contributed by atoms with Crippen molar-refractivity contribution in [3.05, 3.63) is 82.9 Å². The number of aromatic nitrogens is 2. The minimum Gasteiger partial charge on any atom is -0.344 e. The first-order valence-corrected chi connectivity index (χ1v) is 11.6. The van der Waals surface area contributed by atoms with Gasteiger partial charge in [0.15, 0.2) is 0 Å². The molecule has 1 unspecified atom stereocenters. The number of amides is 4. The predicted molar refractivity (Wildman–Crippen MR) is 135 cm³/mol. The maximum atomic E-state index is 13.3. The third-order valence-electron chi connectivity index (χ3n) is 5.51. The molecule has 0 spiro atoms. The molecule has 4 amide bonds. The van der Waals surface area contributed by atoms with Gasteiger partial charge in [-0.2, -0.15) is 13.2 Å². The molecule has 0 fully saturated rings. The van der Waals surface area contributed by atoms with Gasteiger partial charge in [0.2, 0.25) is 5.91 Å². The van der Waals surface area contributed by atoms with E-state index in [1.807, 2.05) is 0 Å². The molecule has 0 aliphatic carbocycles. The number of nitrogens with one attached hydrogen (secondary N) is 3. The molecule has 2 heterocycles. The van der Waals surface area contributed by atoms with Gasteiger partial charge < -0.3 is 10.6 Å². The summed E-state index contributed by atoms with van der Waals surface area (Å²) in [5.74, 6) is -4.79. The Bertz CT molecular complexity index is 1420. The summed E-state index contributed by atoms with van der Waals surface area (Å²) in [4.78, 5) is 66.3. The zero-order valence-electron chi connectivity index (χ0n) is 20.8. The smallest absolute Gasteiger partial charge is 0.344 e. The minimum absolute atomic E-state index is 0.141. The summed E-state index contributed by atoms with van der Waals surface area (Å²) in [6, 6.07) is 10.9. The Balaban J connectivity index is 1.90. The highest BCUT2D eigenvalue weighted by Crippen LogP contribution is 2.22. The van der Waals surface area contributed by atoms with E-state index in [1.54, 1.807) is 30.3 Å². The largest absolute Gasteiger partial charge is 0.452 e. The first-order valence-electron chi connectivity index (χ1n) is 11.6. The van der Waals surface area contributed by atoms with Gasteiger partial charge in [-0.15, -0.1) is 0 Å². The van der Waals surface area contributed by atoms with E-state index in [9.17, 15) is 37.1 Å². The highest BCUT2D eigenvalue weighted by molar-refractivity contribution is 6.07. The molecule has 0 saturated heterocycles. The van der Waals surface area contributed by atoms with E-state index in [-0.39, 0.29) is 16.9 Å². The summed E-state index contributed by atoms with van der Waals surface area (Å²) in [5, 5.41) is 6.37. The van der Waals surface area contributed by atoms with Crippen molar-refractivity contribution in [3.63, 3.8) is 0 Å². The number of Topliss-reactive ketones (excluding diaryl/α,β-unsaturated/α-hetero) is 1. The number of imide groups is 1. The molecule has 10 nitrogen and oxygen atoms in total. The van der Waals surface area contributed by atoms with Crippen molar-refractivity contribution >= 4 is 29.3 Å². The van der Waals surface area contributed by atoms with Gasteiger partial charge in [-0.25, -0.2) is 4.79 Å². The van der Waals surface area contributed by atoms with E-state index in [0.717, 1.165) is 4.57 Å². The Morgan fingerprint density at radius 1 is 0.949 bits per heavy atom. The zero-order chi connectivity index (χ0) is 28.7. The van der Waals surface area contributed by atoms with Crippen LogP contribution in [0.1, 0.15) is 24.2 Å². The van der Waals surface area contributed by atoms with Crippen LogP contribution in [-0.2, 0) is 16.1 Å². The van der Waals surface area contributed by atoms with Crippen LogP contribution in [0.2, 0.25) is 0 Å². The molecule has 3 N–H and O–H groups in total. The number of benzene rings is 1. The number of nitrogens with zero attached hydrogens (tertiary/aromatic N) is 2. The molecule has 0 aliphatic heterocycles. The third-order valence-corrected chi connectivity index (χ3v) is 5.51. The van der Waals surface area contributed by atoms with E-state index < -0.39 is 53.9 Å². The quantitative estimate of drug-likeness (QED) is 0.399. The van der Waals surface area contributed by atoms with Crippen molar-refractivity contribution in [1.82, 2.24) is 20.2 Å². The van der Waals surface area contributed by atoms with E-state index in [4.69, 9.17) is 0 Å². The monoisotopic (exact) mass is 543 g/mol. The number of urea groups is 1. The fourth-order valence-corrected chi connectivity index (χ4v) is 3.60. The SMILES string of the molecule is CC(C)C(NC(=O)Cn1c(-c2ccccc2)ccc(NC(=O)NC(=O)c2ccncc2)c1=O)C(=O)C(F)(F)F. The number of carbonyl (C=O) groups is 4. The van der Waals surface area contributed by atoms with Crippen LogP contribution in [0.3, 0.4) is 0 Å². The van der Waals surface area contributed by atoms with E-state index >= 15 is 0 Å². The highest BCUT2D eigenvalue weighted by Gasteiger charge is 2.45. The number of hydrogen-bond donors (Lipinski definition) is 3. The lowest BCUT2D eigenvalue weighted by Gasteiger charge is -2.23. The standard InChI is InChI=1S/C26H24F3N5O5/c1-15(2)21(22(36)26(27,28)29)32-20(35)14-34-19(16-6-4-3-5-7-16)9-8-18(24(34)38)31-25(39)33-23(37)17-10-12-30-13-11-17/h3-13,15,21H,14H2,1-2H3,(H,32,35)(H2,31,33,37,39). The van der Waals surface area contributed by atoms with E-state index in [1.165, 1.54) is 50.5 Å². The highest BCUT2D eigenvalue weighted by atomic mass is 19.4. The van der Waals surface area contributed by atoms with Gasteiger partial charge in [-0.3, -0.25) is 34.0 Å². The molecule has 0 aliphatic rings. The van der Waals surface area contributed by atoms with Gasteiger partial charge in [0.1, 0.15) is 12.2 Å². The summed E-state index contributed by atoms with van der Waals surface area (Å²) in [7, 11) is 0. The number of anilines is 1. The lowest BCUT2D eigenvalue weighted by molar-refractivity contribution is -0.174. The Kier molecular flexibility index (Phi) is 8.96. The number of alkyl halides is 3. The average molecular weight is 544 g/mol. The van der Waals surface area contributed by atoms with Crippen molar-refractivity contribution in [2.75, 3.05) is 5.32 Å². The zero-order valence-corrected chi connectivity index (χ0v) is 20.8. The molecule has 3 rings (SSSR count). The maximum absolute atomic E-state index is 13.3. The topological polar surface area (TPSA) is 139 Å². The summed E-state index contributed by atoms with van der Waals surface area (Å²) in [5.41, 5.74) is -0.326. The van der Waals surface area contributed by atoms with Crippen LogP contribution in [0.5, 0.6) is 0 Å². The third kappa shape index (κ3) is 7.37. The lowest BCUT2D eigenvalue weighted by atomic mass is 9.99. The minimum atomic E-state index is -5.17. The van der Waals surface area contributed by atoms with Crippen molar-refractivity contribution in [1.29, 1.82) is 0 Å². The summed E-state index contributed by atoms with van der Waals surface area (Å²) >= 11 is 0. The second-order valence-electron chi connectivity index (χ2n) is 8.68. The van der Waals surface area contributed by atoms with Crippen molar-refractivity contribution < 1.29 is 32.3 Å². The molecule has 0 radical (unpaired) electrons. The molecule has 2 aromatic heterocycles. The number of carbonyl (C=O) groups excluding carboxylic acids is 4. The molecule has 3 aromatic rings. The molecule has 1 aromatic carbocycles. The van der Waals surface area contributed by atoms with Crippen LogP contribution >= 0.6 is 0 Å². The fourth-order valence-electron chi connectivity index (χ4n) is 3.60. The summed E-state index contributed by atoms with van der Waals surface area (Å²) in [6.45, 7) is 1.92. The normalized spacial score (nSPS) is 11.9. The van der Waals surface area contributed by atoms with Gasteiger partial charge in [-0.1, -0.05) is 44.2 Å². The van der Waals surface area contributed by atoms with Crippen molar-refractivity contribution in [2.24, 2.45) is 5.92 Å². The molecular formula is C26H24F3N5O5. The lowest BCUT2D eigenvalue weighted by Crippen LogP contribution is -2.51. The van der Waals surface area contributed by atoms with Gasteiger partial charge >= 0.3 is 12.2 Å². The van der Waals surface area contributed by atoms with Crippen LogP contribution in [0.15, 0.2) is 71.8 Å². The van der Waals surface area contributed by atoms with Crippen molar-refractivity contribution in [2.45, 2.75) is 32.6 Å². The molecule has 13 heteroatoms. The fraction of sp³-hybridized carbons (Fsp3) is 0.231. The second-order valence-corrected chi connectivity index (χ2v) is 8.68. The molecule has 1 atom stereocenters. The summed E-state index contributed by atoms with van der Waals surface area (Å²) < 4.78 is 40.0. The number of ketones is 1. The number of rotatable bonds is 8. The van der Waals surface area contributed by atoms with Gasteiger partial charge in [0, 0.05) is 18.0 Å². The number of pyridine rings is 2. The molecule has 0 saturated carbocycles. The molecule has 204 valence electrons. The Morgan fingerprint density at radius 2 is 1.59 bits per heavy atom. The predicted octanol–water partition coefficient (Wildman–Crippen LogP) is 3.14. The van der Waals surface area contributed by atoms with Gasteiger partial charge in [0.05, 0.1) is 11.7 Å². The van der Waals surface area contributed by atoms with Crippen LogP contribution in [0.25, 0.3) is 11.3 Å². The van der Waals surface area contributed by atoms with Crippen LogP contribution < -0.4 is 21.5 Å². The number of hydrogen-bond acceptors (Lipinski definition) is 6. The summed E-state index contributed by atoms with van der Waals surface area (Å²) in [6.07, 6.45) is -2.46. The molecule has 0 bridgehead atoms.